The van der Waals surface area contributed by atoms with Crippen molar-refractivity contribution in [3.05, 3.63) is 118 Å². The maximum atomic E-state index is 14.6. The Morgan fingerprint density at radius 3 is 1.96 bits per heavy atom. The number of rotatable bonds is 10. The number of amides is 1. The number of nitrogens with two attached hydrogens (primary N) is 1. The zero-order valence-electron chi connectivity index (χ0n) is 27.9. The highest BCUT2D eigenvalue weighted by molar-refractivity contribution is 6.02. The maximum absolute atomic E-state index is 14.6. The molecule has 0 unspecified atom stereocenters. The summed E-state index contributed by atoms with van der Waals surface area (Å²) in [6.45, 7) is 12.7. The number of carbonyl (C=O) groups is 1. The molecule has 9 nitrogen and oxygen atoms in total. The van der Waals surface area contributed by atoms with Gasteiger partial charge in [-0.3, -0.25) is 4.79 Å². The van der Waals surface area contributed by atoms with Crippen LogP contribution in [0.4, 0.5) is 22.7 Å². The second-order valence-electron chi connectivity index (χ2n) is 12.1. The molecule has 1 amide bonds. The molecule has 246 valence electrons. The van der Waals surface area contributed by atoms with Crippen LogP contribution in [-0.4, -0.2) is 50.1 Å². The fraction of sp³-hybridized carbons (Fsp3) is 0.282. The Kier molecular flexibility index (Phi) is 7.99. The van der Waals surface area contributed by atoms with Crippen LogP contribution in [0.2, 0.25) is 0 Å². The van der Waals surface area contributed by atoms with Crippen LogP contribution in [0.15, 0.2) is 94.1 Å². The summed E-state index contributed by atoms with van der Waals surface area (Å²) >= 11 is 0. The van der Waals surface area contributed by atoms with E-state index in [1.54, 1.807) is 6.07 Å². The van der Waals surface area contributed by atoms with Gasteiger partial charge in [0, 0.05) is 84.9 Å². The van der Waals surface area contributed by atoms with Crippen LogP contribution >= 0.6 is 0 Å². The number of fused-ring (bicyclic) bond motifs is 7. The number of para-hydroxylation sites is 1. The topological polar surface area (TPSA) is 104 Å². The van der Waals surface area contributed by atoms with E-state index in [0.29, 0.717) is 35.3 Å². The van der Waals surface area contributed by atoms with Crippen molar-refractivity contribution in [2.75, 3.05) is 60.1 Å². The Labute approximate surface area is 280 Å². The summed E-state index contributed by atoms with van der Waals surface area (Å²) < 4.78 is 12.2. The minimum absolute atomic E-state index is 0.00840. The molecule has 3 N–H and O–H groups in total. The highest BCUT2D eigenvalue weighted by Gasteiger charge is 2.56. The van der Waals surface area contributed by atoms with Gasteiger partial charge in [0.05, 0.1) is 5.69 Å². The van der Waals surface area contributed by atoms with Crippen LogP contribution in [0.25, 0.3) is 11.0 Å². The SMILES string of the molecule is CCN(CC)c1ccc2c(c1)Oc1cc(N(CC)CC)ccc1C21c2ccccc2C(=O)N1CCNc1c(N)c(=O)oc2ccccc12. The van der Waals surface area contributed by atoms with Crippen molar-refractivity contribution in [3.63, 3.8) is 0 Å². The molecule has 1 aromatic heterocycles. The van der Waals surface area contributed by atoms with E-state index in [-0.39, 0.29) is 11.6 Å². The minimum atomic E-state index is -0.953. The van der Waals surface area contributed by atoms with Gasteiger partial charge in [0.1, 0.15) is 28.3 Å². The zero-order valence-corrected chi connectivity index (χ0v) is 27.9. The second kappa shape index (κ2) is 12.3. The number of anilines is 4. The van der Waals surface area contributed by atoms with E-state index in [1.807, 2.05) is 41.3 Å². The molecule has 7 rings (SSSR count). The predicted octanol–water partition coefficient (Wildman–Crippen LogP) is 7.03. The molecule has 2 aliphatic heterocycles. The van der Waals surface area contributed by atoms with Crippen LogP contribution in [-0.2, 0) is 5.54 Å². The monoisotopic (exact) mass is 643 g/mol. The molecule has 0 aliphatic carbocycles. The molecule has 48 heavy (non-hydrogen) atoms. The lowest BCUT2D eigenvalue weighted by atomic mass is 9.74. The smallest absolute Gasteiger partial charge is 0.361 e. The molecule has 0 saturated heterocycles. The first-order chi connectivity index (χ1) is 23.4. The van der Waals surface area contributed by atoms with Gasteiger partial charge in [0.15, 0.2) is 0 Å². The van der Waals surface area contributed by atoms with Gasteiger partial charge in [-0.15, -0.1) is 0 Å². The summed E-state index contributed by atoms with van der Waals surface area (Å²) in [5.41, 5.74) is 11.2. The molecule has 0 fully saturated rings. The van der Waals surface area contributed by atoms with E-state index in [2.05, 4.69) is 85.3 Å². The lowest BCUT2D eigenvalue weighted by Crippen LogP contribution is -2.49. The summed E-state index contributed by atoms with van der Waals surface area (Å²) in [5, 5.41) is 4.10. The van der Waals surface area contributed by atoms with Gasteiger partial charge in [0.25, 0.3) is 5.91 Å². The van der Waals surface area contributed by atoms with E-state index in [4.69, 9.17) is 14.9 Å². The molecular weight excluding hydrogens is 602 g/mol. The molecule has 2 aliphatic rings. The molecule has 9 heteroatoms. The van der Waals surface area contributed by atoms with Crippen LogP contribution in [0.5, 0.6) is 11.5 Å². The first-order valence-electron chi connectivity index (χ1n) is 16.8. The summed E-state index contributed by atoms with van der Waals surface area (Å²) in [6, 6.07) is 27.9. The van der Waals surface area contributed by atoms with Gasteiger partial charge in [0.2, 0.25) is 0 Å². The van der Waals surface area contributed by atoms with Crippen LogP contribution in [0.1, 0.15) is 54.7 Å². The first-order valence-corrected chi connectivity index (χ1v) is 16.8. The highest BCUT2D eigenvalue weighted by Crippen LogP contribution is 2.58. The Morgan fingerprint density at radius 2 is 1.33 bits per heavy atom. The highest BCUT2D eigenvalue weighted by atomic mass is 16.5. The number of hydrogen-bond acceptors (Lipinski definition) is 8. The quantitative estimate of drug-likeness (QED) is 0.156. The van der Waals surface area contributed by atoms with Gasteiger partial charge >= 0.3 is 5.63 Å². The van der Waals surface area contributed by atoms with Crippen LogP contribution in [0.3, 0.4) is 0 Å². The van der Waals surface area contributed by atoms with E-state index in [0.717, 1.165) is 65.7 Å². The van der Waals surface area contributed by atoms with Gasteiger partial charge in [-0.1, -0.05) is 42.5 Å². The molecule has 4 aromatic carbocycles. The normalized spacial score (nSPS) is 14.0. The van der Waals surface area contributed by atoms with Crippen molar-refractivity contribution in [2.45, 2.75) is 33.2 Å². The van der Waals surface area contributed by atoms with Crippen LogP contribution < -0.4 is 31.2 Å². The molecule has 5 aromatic rings. The van der Waals surface area contributed by atoms with Crippen LogP contribution in [0, 0.1) is 0 Å². The maximum Gasteiger partial charge on any atom is 0.361 e. The van der Waals surface area contributed by atoms with E-state index < -0.39 is 11.2 Å². The van der Waals surface area contributed by atoms with Crippen molar-refractivity contribution in [1.29, 1.82) is 0 Å². The summed E-state index contributed by atoms with van der Waals surface area (Å²) in [4.78, 5) is 33.7. The third-order valence-electron chi connectivity index (χ3n) is 9.87. The Morgan fingerprint density at radius 1 is 0.750 bits per heavy atom. The fourth-order valence-electron chi connectivity index (χ4n) is 7.55. The number of benzene rings is 4. The third kappa shape index (κ3) is 4.67. The first kappa shape index (κ1) is 31.2. The number of ether oxygens (including phenoxy) is 1. The van der Waals surface area contributed by atoms with Gasteiger partial charge in [-0.2, -0.15) is 0 Å². The largest absolute Gasteiger partial charge is 0.456 e. The van der Waals surface area contributed by atoms with Crippen molar-refractivity contribution in [1.82, 2.24) is 4.90 Å². The molecular formula is C39H41N5O4. The average Bonchev–Trinajstić information content (AvgIpc) is 3.35. The molecule has 0 radical (unpaired) electrons. The predicted molar refractivity (Wildman–Crippen MR) is 193 cm³/mol. The van der Waals surface area contributed by atoms with E-state index in [1.165, 1.54) is 0 Å². The van der Waals surface area contributed by atoms with Gasteiger partial charge in [-0.25, -0.2) is 4.79 Å². The third-order valence-corrected chi connectivity index (χ3v) is 9.87. The molecule has 0 atom stereocenters. The lowest BCUT2D eigenvalue weighted by molar-refractivity contribution is 0.0676. The minimum Gasteiger partial charge on any atom is -0.456 e. The average molecular weight is 644 g/mol. The Hall–Kier alpha value is -5.44. The van der Waals surface area contributed by atoms with E-state index in [9.17, 15) is 9.59 Å². The Bertz CT molecular complexity index is 2020. The molecule has 0 saturated carbocycles. The van der Waals surface area contributed by atoms with Crippen molar-refractivity contribution in [3.8, 4) is 11.5 Å². The lowest BCUT2D eigenvalue weighted by Gasteiger charge is -2.45. The second-order valence-corrected chi connectivity index (χ2v) is 12.1. The summed E-state index contributed by atoms with van der Waals surface area (Å²) in [7, 11) is 0. The number of nitrogens with one attached hydrogen (secondary N) is 1. The standard InChI is InChI=1S/C39H41N5O4/c1-5-42(6-2)25-17-19-30-33(23-25)47-34-24-26(43(7-3)8-4)18-20-31(34)39(30)29-15-11-9-13-27(29)37(45)44(39)22-21-41-36-28-14-10-12-16-32(28)48-38(46)35(36)40/h9-20,23-24,41H,5-8,21-22,40H2,1-4H3. The van der Waals surface area contributed by atoms with Gasteiger partial charge < -0.3 is 34.9 Å². The van der Waals surface area contributed by atoms with E-state index >= 15 is 0 Å². The molecule has 0 bridgehead atoms. The molecule has 3 heterocycles. The molecule has 1 spiro atoms. The Balaban J connectivity index is 1.40. The summed E-state index contributed by atoms with van der Waals surface area (Å²) in [6.07, 6.45) is 0. The van der Waals surface area contributed by atoms with Gasteiger partial charge in [-0.05, 0) is 63.6 Å². The number of hydrogen-bond donors (Lipinski definition) is 2. The fourth-order valence-corrected chi connectivity index (χ4v) is 7.55. The number of nitrogens with zero attached hydrogens (tertiary/aromatic N) is 3. The van der Waals surface area contributed by atoms with Crippen molar-refractivity contribution in [2.24, 2.45) is 0 Å². The zero-order chi connectivity index (χ0) is 33.6. The van der Waals surface area contributed by atoms with Crippen molar-refractivity contribution < 1.29 is 13.9 Å². The van der Waals surface area contributed by atoms with Crippen molar-refractivity contribution >= 4 is 39.6 Å². The summed E-state index contributed by atoms with van der Waals surface area (Å²) in [5.74, 6) is 1.38. The number of carbonyl (C=O) groups excluding carboxylic acids is 1. The number of nitrogen functional groups attached to an aromatic ring is 1.